The average Bonchev–Trinajstić information content (AvgIpc) is 3.45. The van der Waals surface area contributed by atoms with E-state index in [0.29, 0.717) is 25.7 Å². The summed E-state index contributed by atoms with van der Waals surface area (Å²) in [4.78, 5) is 12.6. The number of aromatic nitrogens is 2. The lowest BCUT2D eigenvalue weighted by Crippen LogP contribution is -2.14. The Bertz CT molecular complexity index is 1000. The molecule has 1 fully saturated rings. The van der Waals surface area contributed by atoms with Crippen LogP contribution in [0.15, 0.2) is 60.9 Å². The summed E-state index contributed by atoms with van der Waals surface area (Å²) < 4.78 is 13.1. The quantitative estimate of drug-likeness (QED) is 0.570. The van der Waals surface area contributed by atoms with E-state index in [1.807, 2.05) is 61.1 Å². The first-order valence-corrected chi connectivity index (χ1v) is 10.4. The van der Waals surface area contributed by atoms with E-state index in [-0.39, 0.29) is 11.8 Å². The fraction of sp³-hybridized carbons (Fsp3) is 0.333. The molecular formula is C24H27N3O3. The number of benzene rings is 2. The summed E-state index contributed by atoms with van der Waals surface area (Å²) in [5.74, 6) is 1.90. The van der Waals surface area contributed by atoms with Gasteiger partial charge < -0.3 is 14.8 Å². The summed E-state index contributed by atoms with van der Waals surface area (Å²) in [6, 6.07) is 16.1. The lowest BCUT2D eigenvalue weighted by molar-refractivity contribution is -0.117. The standard InChI is InChI=1S/C24H27N3O3/c1-3-29-22-11-10-17(12-23(22)30-4-2)15-27-16-19(14-25-27)26-24(28)21-13-20(21)18-8-6-5-7-9-18/h5-12,14,16,20-21H,3-4,13,15H2,1-2H3,(H,26,28). The summed E-state index contributed by atoms with van der Waals surface area (Å²) in [6.45, 7) is 5.65. The van der Waals surface area contributed by atoms with E-state index in [1.165, 1.54) is 5.56 Å². The number of nitrogens with one attached hydrogen (secondary N) is 1. The Morgan fingerprint density at radius 2 is 1.87 bits per heavy atom. The minimum atomic E-state index is 0.0376. The Balaban J connectivity index is 1.36. The van der Waals surface area contributed by atoms with Crippen LogP contribution < -0.4 is 14.8 Å². The molecule has 1 heterocycles. The molecule has 0 bridgehead atoms. The van der Waals surface area contributed by atoms with Crippen LogP contribution in [-0.2, 0) is 11.3 Å². The summed E-state index contributed by atoms with van der Waals surface area (Å²) >= 11 is 0. The third-order valence-corrected chi connectivity index (χ3v) is 5.21. The molecule has 1 aliphatic carbocycles. The Morgan fingerprint density at radius 1 is 1.10 bits per heavy atom. The van der Waals surface area contributed by atoms with Crippen molar-refractivity contribution in [2.75, 3.05) is 18.5 Å². The Kier molecular flexibility index (Phi) is 6.02. The molecule has 4 rings (SSSR count). The van der Waals surface area contributed by atoms with Crippen LogP contribution in [0.25, 0.3) is 0 Å². The van der Waals surface area contributed by atoms with E-state index < -0.39 is 0 Å². The second-order valence-electron chi connectivity index (χ2n) is 7.42. The summed E-state index contributed by atoms with van der Waals surface area (Å²) in [7, 11) is 0. The van der Waals surface area contributed by atoms with Crippen LogP contribution in [0.2, 0.25) is 0 Å². The molecule has 2 aromatic carbocycles. The van der Waals surface area contributed by atoms with Gasteiger partial charge in [-0.05, 0) is 49.4 Å². The molecule has 1 aliphatic rings. The highest BCUT2D eigenvalue weighted by Crippen LogP contribution is 2.47. The van der Waals surface area contributed by atoms with Gasteiger partial charge in [0.05, 0.1) is 31.6 Å². The Hall–Kier alpha value is -3.28. The largest absolute Gasteiger partial charge is 0.490 e. The minimum Gasteiger partial charge on any atom is -0.490 e. The van der Waals surface area contributed by atoms with Gasteiger partial charge in [-0.25, -0.2) is 0 Å². The molecule has 1 amide bonds. The third kappa shape index (κ3) is 4.64. The van der Waals surface area contributed by atoms with Gasteiger partial charge in [0, 0.05) is 12.1 Å². The summed E-state index contributed by atoms with van der Waals surface area (Å²) in [6.07, 6.45) is 4.45. The molecule has 0 aliphatic heterocycles. The Morgan fingerprint density at radius 3 is 2.63 bits per heavy atom. The second-order valence-corrected chi connectivity index (χ2v) is 7.42. The number of ether oxygens (including phenoxy) is 2. The molecule has 1 saturated carbocycles. The number of hydrogen-bond acceptors (Lipinski definition) is 4. The van der Waals surface area contributed by atoms with E-state index >= 15 is 0 Å². The van der Waals surface area contributed by atoms with Gasteiger partial charge in [0.25, 0.3) is 0 Å². The maximum absolute atomic E-state index is 12.6. The predicted octanol–water partition coefficient (Wildman–Crippen LogP) is 4.47. The van der Waals surface area contributed by atoms with Crippen molar-refractivity contribution < 1.29 is 14.3 Å². The van der Waals surface area contributed by atoms with Crippen LogP contribution in [-0.4, -0.2) is 28.9 Å². The average molecular weight is 405 g/mol. The van der Waals surface area contributed by atoms with Gasteiger partial charge in [-0.3, -0.25) is 9.48 Å². The van der Waals surface area contributed by atoms with Crippen molar-refractivity contribution in [3.63, 3.8) is 0 Å². The van der Waals surface area contributed by atoms with Crippen molar-refractivity contribution in [3.8, 4) is 11.5 Å². The van der Waals surface area contributed by atoms with E-state index in [0.717, 1.165) is 29.2 Å². The molecule has 3 aromatic rings. The minimum absolute atomic E-state index is 0.0376. The fourth-order valence-electron chi connectivity index (χ4n) is 3.68. The maximum atomic E-state index is 12.6. The zero-order valence-corrected chi connectivity index (χ0v) is 17.4. The van der Waals surface area contributed by atoms with E-state index in [9.17, 15) is 4.79 Å². The normalized spacial score (nSPS) is 17.4. The molecular weight excluding hydrogens is 378 g/mol. The molecule has 30 heavy (non-hydrogen) atoms. The van der Waals surface area contributed by atoms with Crippen molar-refractivity contribution >= 4 is 11.6 Å². The van der Waals surface area contributed by atoms with E-state index in [4.69, 9.17) is 9.47 Å². The number of rotatable bonds is 9. The van der Waals surface area contributed by atoms with E-state index in [1.54, 1.807) is 6.20 Å². The van der Waals surface area contributed by atoms with Crippen molar-refractivity contribution in [1.29, 1.82) is 0 Å². The number of nitrogens with zero attached hydrogens (tertiary/aromatic N) is 2. The molecule has 0 radical (unpaired) electrons. The lowest BCUT2D eigenvalue weighted by Gasteiger charge is -2.12. The van der Waals surface area contributed by atoms with Crippen molar-refractivity contribution in [3.05, 3.63) is 72.1 Å². The third-order valence-electron chi connectivity index (χ3n) is 5.21. The highest BCUT2D eigenvalue weighted by atomic mass is 16.5. The number of hydrogen-bond donors (Lipinski definition) is 1. The molecule has 1 N–H and O–H groups in total. The topological polar surface area (TPSA) is 65.4 Å². The van der Waals surface area contributed by atoms with E-state index in [2.05, 4.69) is 22.5 Å². The van der Waals surface area contributed by atoms with Gasteiger partial charge >= 0.3 is 0 Å². The monoisotopic (exact) mass is 405 g/mol. The van der Waals surface area contributed by atoms with Crippen LogP contribution >= 0.6 is 0 Å². The van der Waals surface area contributed by atoms with Gasteiger partial charge in [-0.2, -0.15) is 5.10 Å². The van der Waals surface area contributed by atoms with Crippen molar-refractivity contribution in [1.82, 2.24) is 9.78 Å². The molecule has 0 spiro atoms. The Labute approximate surface area is 176 Å². The van der Waals surface area contributed by atoms with Gasteiger partial charge in [0.1, 0.15) is 0 Å². The number of amides is 1. The SMILES string of the molecule is CCOc1ccc(Cn2cc(NC(=O)C3CC3c3ccccc3)cn2)cc1OCC. The summed E-state index contributed by atoms with van der Waals surface area (Å²) in [5, 5.41) is 7.39. The van der Waals surface area contributed by atoms with Gasteiger partial charge in [0.15, 0.2) is 11.5 Å². The zero-order chi connectivity index (χ0) is 20.9. The van der Waals surface area contributed by atoms with Gasteiger partial charge in [-0.1, -0.05) is 36.4 Å². The molecule has 6 heteroatoms. The van der Waals surface area contributed by atoms with Crippen molar-refractivity contribution in [2.24, 2.45) is 5.92 Å². The van der Waals surface area contributed by atoms with Crippen LogP contribution in [0.3, 0.4) is 0 Å². The molecule has 156 valence electrons. The summed E-state index contributed by atoms with van der Waals surface area (Å²) in [5.41, 5.74) is 3.00. The van der Waals surface area contributed by atoms with Crippen LogP contribution in [0.5, 0.6) is 11.5 Å². The predicted molar refractivity (Wildman–Crippen MR) is 116 cm³/mol. The number of carbonyl (C=O) groups excluding carboxylic acids is 1. The highest BCUT2D eigenvalue weighted by molar-refractivity contribution is 5.95. The van der Waals surface area contributed by atoms with Crippen molar-refractivity contribution in [2.45, 2.75) is 32.7 Å². The molecule has 6 nitrogen and oxygen atoms in total. The molecule has 2 atom stereocenters. The van der Waals surface area contributed by atoms with Gasteiger partial charge in [0.2, 0.25) is 5.91 Å². The first-order chi connectivity index (χ1) is 14.7. The van der Waals surface area contributed by atoms with Gasteiger partial charge in [-0.15, -0.1) is 0 Å². The van der Waals surface area contributed by atoms with Crippen LogP contribution in [0.4, 0.5) is 5.69 Å². The second kappa shape index (κ2) is 9.03. The number of carbonyl (C=O) groups is 1. The molecule has 1 aromatic heterocycles. The zero-order valence-electron chi connectivity index (χ0n) is 17.4. The lowest BCUT2D eigenvalue weighted by atomic mass is 10.1. The van der Waals surface area contributed by atoms with Crippen LogP contribution in [0.1, 0.15) is 37.3 Å². The first kappa shape index (κ1) is 20.0. The molecule has 2 unspecified atom stereocenters. The molecule has 0 saturated heterocycles. The highest BCUT2D eigenvalue weighted by Gasteiger charge is 2.43. The smallest absolute Gasteiger partial charge is 0.228 e. The fourth-order valence-corrected chi connectivity index (χ4v) is 3.68. The maximum Gasteiger partial charge on any atom is 0.228 e. The first-order valence-electron chi connectivity index (χ1n) is 10.4. The van der Waals surface area contributed by atoms with Crippen LogP contribution in [0, 0.1) is 5.92 Å². The number of anilines is 1.